The number of anilines is 1. The van der Waals surface area contributed by atoms with Crippen molar-refractivity contribution in [2.24, 2.45) is 11.3 Å². The van der Waals surface area contributed by atoms with Gasteiger partial charge in [-0.25, -0.2) is 9.59 Å². The van der Waals surface area contributed by atoms with Crippen molar-refractivity contribution in [2.45, 2.75) is 78.4 Å². The molecule has 228 valence electrons. The van der Waals surface area contributed by atoms with Gasteiger partial charge in [-0.05, 0) is 102 Å². The van der Waals surface area contributed by atoms with Gasteiger partial charge in [0.1, 0.15) is 5.60 Å². The summed E-state index contributed by atoms with van der Waals surface area (Å²) in [5.41, 5.74) is 4.24. The topological polar surface area (TPSA) is 97.4 Å². The first-order chi connectivity index (χ1) is 20.0. The number of hydrogen-bond donors (Lipinski definition) is 1. The van der Waals surface area contributed by atoms with E-state index in [1.807, 2.05) is 33.8 Å². The third-order valence-electron chi connectivity index (χ3n) is 9.34. The fourth-order valence-corrected chi connectivity index (χ4v) is 7.06. The van der Waals surface area contributed by atoms with E-state index in [0.717, 1.165) is 60.7 Å². The number of amides is 2. The summed E-state index contributed by atoms with van der Waals surface area (Å²) in [6.07, 6.45) is 7.73. The Morgan fingerprint density at radius 2 is 1.86 bits per heavy atom. The Balaban J connectivity index is 1.41. The number of methoxy groups -OCH3 is 1. The first kappa shape index (κ1) is 30.1. The number of piperidine rings is 1. The van der Waals surface area contributed by atoms with Crippen LogP contribution in [0.3, 0.4) is 0 Å². The number of nitrogens with one attached hydrogen (secondary N) is 1. The molecular weight excluding hydrogens is 534 g/mol. The summed E-state index contributed by atoms with van der Waals surface area (Å²) in [5.74, 6) is -0.284. The minimum atomic E-state index is -0.556. The molecule has 0 radical (unpaired) electrons. The SMILES string of the molecule is CCN(c1cc(C2=CCC3C(=C2)NC(=O)C32CCN(C(=O)OC(C)(C)C)CC2)cc(C(=O)OC)c1C)C1CCOCC1. The molecule has 0 aromatic heterocycles. The quantitative estimate of drug-likeness (QED) is 0.478. The normalized spacial score (nSPS) is 22.2. The van der Waals surface area contributed by atoms with Crippen LogP contribution in [0.2, 0.25) is 0 Å². The fraction of sp³-hybridized carbons (Fsp3) is 0.606. The van der Waals surface area contributed by atoms with Crippen LogP contribution in [0.25, 0.3) is 5.57 Å². The predicted molar refractivity (Wildman–Crippen MR) is 161 cm³/mol. The highest BCUT2D eigenvalue weighted by Gasteiger charge is 2.54. The second-order valence-electron chi connectivity index (χ2n) is 12.9. The van der Waals surface area contributed by atoms with Crippen molar-refractivity contribution in [3.63, 3.8) is 0 Å². The maximum absolute atomic E-state index is 13.5. The average molecular weight is 580 g/mol. The molecule has 3 saturated heterocycles. The Hall–Kier alpha value is -3.33. The number of rotatable bonds is 5. The molecule has 1 spiro atoms. The van der Waals surface area contributed by atoms with Crippen molar-refractivity contribution in [1.82, 2.24) is 10.2 Å². The van der Waals surface area contributed by atoms with Crippen LogP contribution >= 0.6 is 0 Å². The summed E-state index contributed by atoms with van der Waals surface area (Å²) >= 11 is 0. The second kappa shape index (κ2) is 11.7. The van der Waals surface area contributed by atoms with Crippen molar-refractivity contribution < 1.29 is 28.6 Å². The van der Waals surface area contributed by atoms with Gasteiger partial charge in [0, 0.05) is 56.2 Å². The number of allylic oxidation sites excluding steroid dienone is 4. The van der Waals surface area contributed by atoms with Gasteiger partial charge in [0.2, 0.25) is 5.91 Å². The number of likely N-dealkylation sites (tertiary alicyclic amines) is 1. The average Bonchev–Trinajstić information content (AvgIpc) is 3.23. The third-order valence-corrected chi connectivity index (χ3v) is 9.34. The van der Waals surface area contributed by atoms with Gasteiger partial charge in [-0.1, -0.05) is 6.08 Å². The van der Waals surface area contributed by atoms with Crippen LogP contribution in [0.1, 0.15) is 81.3 Å². The standard InChI is InChI=1S/C33H45N3O6/c1-7-36(24-10-16-41-17-11-24)28-20-23(18-25(21(28)2)29(37)40-6)22-8-9-26-27(19-22)34-30(38)33(26)12-14-35(15-13-33)31(39)42-32(3,4)5/h8,18-20,24,26H,7,9-17H2,1-6H3,(H,34,38). The van der Waals surface area contributed by atoms with Gasteiger partial charge >= 0.3 is 12.1 Å². The van der Waals surface area contributed by atoms with Gasteiger partial charge in [0.25, 0.3) is 0 Å². The van der Waals surface area contributed by atoms with Crippen molar-refractivity contribution in [2.75, 3.05) is 44.9 Å². The van der Waals surface area contributed by atoms with Crippen molar-refractivity contribution in [3.05, 3.63) is 46.7 Å². The van der Waals surface area contributed by atoms with E-state index in [2.05, 4.69) is 35.4 Å². The fourth-order valence-electron chi connectivity index (χ4n) is 7.06. The summed E-state index contributed by atoms with van der Waals surface area (Å²) in [6.45, 7) is 13.0. The van der Waals surface area contributed by atoms with Crippen molar-refractivity contribution >= 4 is 29.2 Å². The van der Waals surface area contributed by atoms with Crippen LogP contribution in [0.15, 0.2) is 30.0 Å². The van der Waals surface area contributed by atoms with E-state index in [1.165, 1.54) is 7.11 Å². The summed E-state index contributed by atoms with van der Waals surface area (Å²) in [7, 11) is 1.41. The highest BCUT2D eigenvalue weighted by atomic mass is 16.6. The number of ether oxygens (including phenoxy) is 3. The second-order valence-corrected chi connectivity index (χ2v) is 12.9. The highest BCUT2D eigenvalue weighted by Crippen LogP contribution is 2.51. The summed E-state index contributed by atoms with van der Waals surface area (Å²) in [5, 5.41) is 3.19. The van der Waals surface area contributed by atoms with Crippen molar-refractivity contribution in [3.8, 4) is 0 Å². The molecule has 0 bridgehead atoms. The lowest BCUT2D eigenvalue weighted by atomic mass is 9.67. The Morgan fingerprint density at radius 1 is 1.17 bits per heavy atom. The number of carbonyl (C=O) groups is 3. The summed E-state index contributed by atoms with van der Waals surface area (Å²) in [4.78, 5) is 43.1. The molecule has 1 unspecified atom stereocenters. The van der Waals surface area contributed by atoms with Gasteiger partial charge < -0.3 is 29.3 Å². The Morgan fingerprint density at radius 3 is 2.48 bits per heavy atom. The molecule has 1 N–H and O–H groups in total. The lowest BCUT2D eigenvalue weighted by molar-refractivity contribution is -0.131. The summed E-state index contributed by atoms with van der Waals surface area (Å²) < 4.78 is 16.4. The molecule has 1 aromatic carbocycles. The maximum atomic E-state index is 13.5. The minimum absolute atomic E-state index is 0.0359. The lowest BCUT2D eigenvalue weighted by Crippen LogP contribution is -2.49. The molecule has 1 aliphatic carbocycles. The first-order valence-corrected chi connectivity index (χ1v) is 15.3. The first-order valence-electron chi connectivity index (χ1n) is 15.3. The third kappa shape index (κ3) is 5.68. The van der Waals surface area contributed by atoms with Gasteiger partial charge in [0.15, 0.2) is 0 Å². The number of fused-ring (bicyclic) bond motifs is 2. The number of benzene rings is 1. The van der Waals surface area contributed by atoms with Gasteiger partial charge in [-0.15, -0.1) is 0 Å². The minimum Gasteiger partial charge on any atom is -0.465 e. The van der Waals surface area contributed by atoms with E-state index in [9.17, 15) is 14.4 Å². The molecule has 42 heavy (non-hydrogen) atoms. The van der Waals surface area contributed by atoms with Crippen molar-refractivity contribution in [1.29, 1.82) is 0 Å². The molecule has 0 saturated carbocycles. The van der Waals surface area contributed by atoms with Gasteiger partial charge in [-0.2, -0.15) is 0 Å². The van der Waals surface area contributed by atoms with Crippen LogP contribution in [0.4, 0.5) is 10.5 Å². The molecule has 9 nitrogen and oxygen atoms in total. The van der Waals surface area contributed by atoms with Gasteiger partial charge in [-0.3, -0.25) is 4.79 Å². The molecule has 1 atom stereocenters. The van der Waals surface area contributed by atoms with Crippen LogP contribution in [-0.4, -0.2) is 74.5 Å². The summed E-state index contributed by atoms with van der Waals surface area (Å²) in [6, 6.07) is 4.43. The number of carbonyl (C=O) groups excluding carboxylic acids is 3. The zero-order valence-corrected chi connectivity index (χ0v) is 25.9. The molecule has 4 aliphatic rings. The molecule has 2 amide bonds. The smallest absolute Gasteiger partial charge is 0.410 e. The molecular formula is C33H45N3O6. The molecule has 3 aliphatic heterocycles. The van der Waals surface area contributed by atoms with E-state index in [4.69, 9.17) is 14.2 Å². The van der Waals surface area contributed by atoms with Gasteiger partial charge in [0.05, 0.1) is 18.1 Å². The number of nitrogens with zero attached hydrogens (tertiary/aromatic N) is 2. The molecule has 1 aromatic rings. The Labute approximate surface area is 249 Å². The Bertz CT molecular complexity index is 1300. The van der Waals surface area contributed by atoms with E-state index in [-0.39, 0.29) is 23.9 Å². The van der Waals surface area contributed by atoms with E-state index >= 15 is 0 Å². The van der Waals surface area contributed by atoms with Crippen LogP contribution in [-0.2, 0) is 19.0 Å². The van der Waals surface area contributed by atoms with E-state index in [0.29, 0.717) is 44.0 Å². The van der Waals surface area contributed by atoms with Crippen LogP contribution < -0.4 is 10.2 Å². The van der Waals surface area contributed by atoms with Crippen LogP contribution in [0, 0.1) is 18.3 Å². The lowest BCUT2D eigenvalue weighted by Gasteiger charge is -2.41. The monoisotopic (exact) mass is 579 g/mol. The molecule has 9 heteroatoms. The largest absolute Gasteiger partial charge is 0.465 e. The number of esters is 1. The highest BCUT2D eigenvalue weighted by molar-refractivity contribution is 5.96. The maximum Gasteiger partial charge on any atom is 0.410 e. The van der Waals surface area contributed by atoms with E-state index in [1.54, 1.807) is 4.90 Å². The zero-order chi connectivity index (χ0) is 30.2. The van der Waals surface area contributed by atoms with E-state index < -0.39 is 11.0 Å². The Kier molecular flexibility index (Phi) is 8.43. The molecule has 3 heterocycles. The van der Waals surface area contributed by atoms with Crippen LogP contribution in [0.5, 0.6) is 0 Å². The number of hydrogen-bond acceptors (Lipinski definition) is 7. The molecule has 3 fully saturated rings. The zero-order valence-electron chi connectivity index (χ0n) is 25.9. The predicted octanol–water partition coefficient (Wildman–Crippen LogP) is 5.22. The molecule has 5 rings (SSSR count).